The number of carboxylic acid groups (broad SMARTS) is 1. The predicted octanol–water partition coefficient (Wildman–Crippen LogP) is 4.19. The third-order valence-corrected chi connectivity index (χ3v) is 4.90. The topological polar surface area (TPSA) is 75.6 Å². The molecular weight excluding hydrogens is 342 g/mol. The van der Waals surface area contributed by atoms with Gasteiger partial charge in [0.15, 0.2) is 0 Å². The summed E-state index contributed by atoms with van der Waals surface area (Å²) < 4.78 is 5.41. The van der Waals surface area contributed by atoms with Gasteiger partial charge >= 0.3 is 12.1 Å². The highest BCUT2D eigenvalue weighted by Gasteiger charge is 2.29. The van der Waals surface area contributed by atoms with Gasteiger partial charge < -0.3 is 15.2 Å². The lowest BCUT2D eigenvalue weighted by atomic mass is 9.98. The van der Waals surface area contributed by atoms with Crippen molar-refractivity contribution in [1.29, 1.82) is 0 Å². The summed E-state index contributed by atoms with van der Waals surface area (Å²) in [5.74, 6) is -1.60. The number of benzene rings is 2. The molecule has 140 valence electrons. The number of carbonyl (C=O) groups excluding carboxylic acids is 1. The van der Waals surface area contributed by atoms with Gasteiger partial charge in [0.25, 0.3) is 0 Å². The smallest absolute Gasteiger partial charge is 0.407 e. The predicted molar refractivity (Wildman–Crippen MR) is 104 cm³/mol. The van der Waals surface area contributed by atoms with E-state index in [0.717, 1.165) is 22.3 Å². The fraction of sp³-hybridized carbons (Fsp3) is 0.273. The molecule has 1 unspecified atom stereocenters. The van der Waals surface area contributed by atoms with Gasteiger partial charge in [-0.25, -0.2) is 4.79 Å². The third-order valence-electron chi connectivity index (χ3n) is 4.90. The van der Waals surface area contributed by atoms with Crippen molar-refractivity contribution < 1.29 is 19.4 Å². The van der Waals surface area contributed by atoms with Crippen LogP contribution in [-0.4, -0.2) is 30.3 Å². The van der Waals surface area contributed by atoms with E-state index in [1.165, 1.54) is 0 Å². The molecule has 0 aromatic heterocycles. The van der Waals surface area contributed by atoms with Crippen molar-refractivity contribution in [3.8, 4) is 11.1 Å². The summed E-state index contributed by atoms with van der Waals surface area (Å²) in [5, 5.41) is 11.8. The lowest BCUT2D eigenvalue weighted by Crippen LogP contribution is -2.34. The van der Waals surface area contributed by atoms with Gasteiger partial charge in [0.1, 0.15) is 6.61 Å². The Morgan fingerprint density at radius 2 is 1.70 bits per heavy atom. The van der Waals surface area contributed by atoms with Crippen molar-refractivity contribution in [3.05, 3.63) is 72.3 Å². The quantitative estimate of drug-likeness (QED) is 0.688. The summed E-state index contributed by atoms with van der Waals surface area (Å²) in [7, 11) is 0. The molecule has 5 nitrogen and oxygen atoms in total. The number of aliphatic carboxylic acids is 1. The number of ether oxygens (including phenoxy) is 1. The van der Waals surface area contributed by atoms with Crippen LogP contribution in [0.3, 0.4) is 0 Å². The van der Waals surface area contributed by atoms with Gasteiger partial charge in [-0.1, -0.05) is 54.6 Å². The Balaban J connectivity index is 1.61. The van der Waals surface area contributed by atoms with Gasteiger partial charge in [-0.3, -0.25) is 4.79 Å². The number of carboxylic acids is 1. The SMILES string of the molecule is C=CCCC(CNC(=O)OCC1c2ccccc2-c2ccccc21)C(=O)O. The highest BCUT2D eigenvalue weighted by atomic mass is 16.5. The van der Waals surface area contributed by atoms with E-state index in [1.54, 1.807) is 6.08 Å². The number of rotatable bonds is 8. The van der Waals surface area contributed by atoms with Crippen LogP contribution in [0.15, 0.2) is 61.2 Å². The number of alkyl carbamates (subject to hydrolysis) is 1. The maximum atomic E-state index is 12.1. The van der Waals surface area contributed by atoms with Crippen LogP contribution in [0.1, 0.15) is 29.9 Å². The summed E-state index contributed by atoms with van der Waals surface area (Å²) in [6.45, 7) is 3.85. The Hall–Kier alpha value is -3.08. The summed E-state index contributed by atoms with van der Waals surface area (Å²) in [6, 6.07) is 16.2. The van der Waals surface area contributed by atoms with E-state index in [2.05, 4.69) is 36.2 Å². The minimum atomic E-state index is -0.934. The van der Waals surface area contributed by atoms with Crippen molar-refractivity contribution in [2.45, 2.75) is 18.8 Å². The fourth-order valence-electron chi connectivity index (χ4n) is 3.49. The molecule has 1 amide bonds. The van der Waals surface area contributed by atoms with Crippen LogP contribution in [-0.2, 0) is 9.53 Å². The standard InChI is InChI=1S/C22H23NO4/c1-2-3-8-15(21(24)25)13-23-22(26)27-14-20-18-11-6-4-9-16(18)17-10-5-7-12-19(17)20/h2,4-7,9-12,15,20H,1,3,8,13-14H2,(H,23,26)(H,24,25). The first-order valence-corrected chi connectivity index (χ1v) is 9.04. The molecule has 2 N–H and O–H groups in total. The molecule has 0 radical (unpaired) electrons. The van der Waals surface area contributed by atoms with Crippen LogP contribution < -0.4 is 5.32 Å². The van der Waals surface area contributed by atoms with Crippen LogP contribution >= 0.6 is 0 Å². The zero-order valence-corrected chi connectivity index (χ0v) is 15.1. The Bertz CT molecular complexity index is 800. The summed E-state index contributed by atoms with van der Waals surface area (Å²) in [4.78, 5) is 23.3. The second-order valence-electron chi connectivity index (χ2n) is 6.61. The Kier molecular flexibility index (Phi) is 5.91. The minimum Gasteiger partial charge on any atom is -0.481 e. The Morgan fingerprint density at radius 1 is 1.11 bits per heavy atom. The molecule has 1 aliphatic carbocycles. The molecule has 2 aromatic carbocycles. The molecule has 27 heavy (non-hydrogen) atoms. The van der Waals surface area contributed by atoms with E-state index in [-0.39, 0.29) is 19.1 Å². The molecule has 0 fully saturated rings. The highest BCUT2D eigenvalue weighted by molar-refractivity contribution is 5.79. The molecule has 1 atom stereocenters. The Morgan fingerprint density at radius 3 is 2.26 bits per heavy atom. The largest absolute Gasteiger partial charge is 0.481 e. The van der Waals surface area contributed by atoms with Crippen LogP contribution in [0.4, 0.5) is 4.79 Å². The fourth-order valence-corrected chi connectivity index (χ4v) is 3.49. The Labute approximate surface area is 158 Å². The lowest BCUT2D eigenvalue weighted by Gasteiger charge is -2.16. The second kappa shape index (κ2) is 8.54. The molecule has 2 aromatic rings. The van der Waals surface area contributed by atoms with E-state index in [1.807, 2.05) is 24.3 Å². The average molecular weight is 365 g/mol. The number of hydrogen-bond donors (Lipinski definition) is 2. The maximum absolute atomic E-state index is 12.1. The number of nitrogens with one attached hydrogen (secondary N) is 1. The van der Waals surface area contributed by atoms with E-state index < -0.39 is 18.0 Å². The molecule has 0 heterocycles. The molecule has 5 heteroatoms. The zero-order chi connectivity index (χ0) is 19.2. The maximum Gasteiger partial charge on any atom is 0.407 e. The number of amides is 1. The number of fused-ring (bicyclic) bond motifs is 3. The van der Waals surface area contributed by atoms with E-state index in [9.17, 15) is 14.7 Å². The molecular formula is C22H23NO4. The van der Waals surface area contributed by atoms with Gasteiger partial charge in [0.05, 0.1) is 5.92 Å². The van der Waals surface area contributed by atoms with Crippen molar-refractivity contribution >= 4 is 12.1 Å². The molecule has 0 spiro atoms. The van der Waals surface area contributed by atoms with E-state index in [4.69, 9.17) is 4.74 Å². The summed E-state index contributed by atoms with van der Waals surface area (Å²) >= 11 is 0. The number of carbonyl (C=O) groups is 2. The molecule has 0 saturated carbocycles. The van der Waals surface area contributed by atoms with Gasteiger partial charge in [-0.15, -0.1) is 6.58 Å². The van der Waals surface area contributed by atoms with E-state index >= 15 is 0 Å². The van der Waals surface area contributed by atoms with Gasteiger partial charge in [0, 0.05) is 12.5 Å². The van der Waals surface area contributed by atoms with Gasteiger partial charge in [-0.2, -0.15) is 0 Å². The van der Waals surface area contributed by atoms with Gasteiger partial charge in [-0.05, 0) is 35.1 Å². The zero-order valence-electron chi connectivity index (χ0n) is 15.1. The summed E-state index contributed by atoms with van der Waals surface area (Å²) in [6.07, 6.45) is 2.09. The first kappa shape index (κ1) is 18.7. The summed E-state index contributed by atoms with van der Waals surface area (Å²) in [5.41, 5.74) is 4.61. The first-order chi connectivity index (χ1) is 13.1. The van der Waals surface area contributed by atoms with Crippen LogP contribution in [0.25, 0.3) is 11.1 Å². The number of hydrogen-bond acceptors (Lipinski definition) is 3. The molecule has 0 aliphatic heterocycles. The van der Waals surface area contributed by atoms with Crippen LogP contribution in [0, 0.1) is 5.92 Å². The van der Waals surface area contributed by atoms with Gasteiger partial charge in [0.2, 0.25) is 0 Å². The van der Waals surface area contributed by atoms with Crippen molar-refractivity contribution in [2.24, 2.45) is 5.92 Å². The highest BCUT2D eigenvalue weighted by Crippen LogP contribution is 2.44. The third kappa shape index (κ3) is 4.19. The van der Waals surface area contributed by atoms with Crippen LogP contribution in [0.2, 0.25) is 0 Å². The second-order valence-corrected chi connectivity index (χ2v) is 6.61. The van der Waals surface area contributed by atoms with Crippen molar-refractivity contribution in [3.63, 3.8) is 0 Å². The average Bonchev–Trinajstić information content (AvgIpc) is 3.00. The molecule has 3 rings (SSSR count). The van der Waals surface area contributed by atoms with E-state index in [0.29, 0.717) is 12.8 Å². The minimum absolute atomic E-state index is 0.0146. The molecule has 0 bridgehead atoms. The van der Waals surface area contributed by atoms with Crippen LogP contribution in [0.5, 0.6) is 0 Å². The monoisotopic (exact) mass is 365 g/mol. The van der Waals surface area contributed by atoms with Crippen molar-refractivity contribution in [2.75, 3.05) is 13.2 Å². The number of allylic oxidation sites excluding steroid dienone is 1. The molecule has 1 aliphatic rings. The van der Waals surface area contributed by atoms with Crippen molar-refractivity contribution in [1.82, 2.24) is 5.32 Å². The molecule has 0 saturated heterocycles. The normalized spacial score (nSPS) is 13.3. The first-order valence-electron chi connectivity index (χ1n) is 9.04. The lowest BCUT2D eigenvalue weighted by molar-refractivity contribution is -0.141.